The number of aromatic nitrogens is 1. The van der Waals surface area contributed by atoms with Gasteiger partial charge in [0.2, 0.25) is 0 Å². The molecule has 6 nitrogen and oxygen atoms in total. The van der Waals surface area contributed by atoms with E-state index in [1.807, 2.05) is 66.4 Å². The van der Waals surface area contributed by atoms with Crippen molar-refractivity contribution in [2.45, 2.75) is 6.92 Å². The average Bonchev–Trinajstić information content (AvgIpc) is 3.34. The summed E-state index contributed by atoms with van der Waals surface area (Å²) in [5, 5.41) is 2.98. The lowest BCUT2D eigenvalue weighted by Crippen LogP contribution is -2.47. The number of nitrogens with one attached hydrogen (secondary N) is 2. The molecule has 0 bridgehead atoms. The maximum atomic E-state index is 13.1. The van der Waals surface area contributed by atoms with Crippen LogP contribution in [0.25, 0.3) is 22.8 Å². The summed E-state index contributed by atoms with van der Waals surface area (Å²) in [6.45, 7) is 5.15. The molecule has 5 rings (SSSR count). The normalized spacial score (nSPS) is 17.5. The summed E-state index contributed by atoms with van der Waals surface area (Å²) in [6.07, 6.45) is 3.63. The third-order valence-electron chi connectivity index (χ3n) is 6.40. The fraction of sp³-hybridized carbons (Fsp3) is 0.231. The number of benzene rings is 2. The molecule has 3 aromatic rings. The molecule has 32 heavy (non-hydrogen) atoms. The number of rotatable bonds is 3. The molecule has 1 saturated heterocycles. The molecular formula is C26H26N4O2. The Hall–Kier alpha value is -3.64. The molecule has 2 amide bonds. The first-order chi connectivity index (χ1) is 15.5. The predicted octanol–water partition coefficient (Wildman–Crippen LogP) is 3.87. The van der Waals surface area contributed by atoms with Gasteiger partial charge in [-0.3, -0.25) is 9.59 Å². The number of amides is 2. The molecule has 3 heterocycles. The van der Waals surface area contributed by atoms with Crippen molar-refractivity contribution < 1.29 is 9.59 Å². The zero-order chi connectivity index (χ0) is 22.2. The maximum Gasteiger partial charge on any atom is 0.256 e. The van der Waals surface area contributed by atoms with E-state index in [2.05, 4.69) is 22.2 Å². The summed E-state index contributed by atoms with van der Waals surface area (Å²) >= 11 is 0. The summed E-state index contributed by atoms with van der Waals surface area (Å²) in [5.41, 5.74) is 6.67. The van der Waals surface area contributed by atoms with Gasteiger partial charge in [0.1, 0.15) is 0 Å². The standard InChI is InChI=1S/C26H26N4O2/c1-17-21(26(32)30-13-11-29(2)12-14-30)16-27-23(17)15-20-24-19(18-7-4-3-5-8-18)9-6-10-22(24)28-25(20)31/h3-10,15-16,27H,11-14H2,1-2H3,(H,28,31). The molecule has 0 unspecified atom stereocenters. The van der Waals surface area contributed by atoms with Gasteiger partial charge < -0.3 is 20.1 Å². The van der Waals surface area contributed by atoms with Crippen LogP contribution in [0.2, 0.25) is 0 Å². The first-order valence-electron chi connectivity index (χ1n) is 10.9. The molecule has 0 aliphatic carbocycles. The van der Waals surface area contributed by atoms with E-state index in [1.165, 1.54) is 0 Å². The lowest BCUT2D eigenvalue weighted by atomic mass is 9.94. The molecule has 2 aliphatic rings. The minimum Gasteiger partial charge on any atom is -0.361 e. The Morgan fingerprint density at radius 2 is 1.75 bits per heavy atom. The van der Waals surface area contributed by atoms with E-state index >= 15 is 0 Å². The summed E-state index contributed by atoms with van der Waals surface area (Å²) in [7, 11) is 2.07. The van der Waals surface area contributed by atoms with Crippen molar-refractivity contribution in [1.82, 2.24) is 14.8 Å². The number of carbonyl (C=O) groups is 2. The van der Waals surface area contributed by atoms with E-state index in [4.69, 9.17) is 0 Å². The molecule has 162 valence electrons. The third-order valence-corrected chi connectivity index (χ3v) is 6.40. The summed E-state index contributed by atoms with van der Waals surface area (Å²) in [4.78, 5) is 33.3. The highest BCUT2D eigenvalue weighted by Crippen LogP contribution is 2.40. The lowest BCUT2D eigenvalue weighted by Gasteiger charge is -2.32. The van der Waals surface area contributed by atoms with Crippen LogP contribution in [0.5, 0.6) is 0 Å². The largest absolute Gasteiger partial charge is 0.361 e. The second-order valence-corrected chi connectivity index (χ2v) is 8.44. The van der Waals surface area contributed by atoms with Crippen LogP contribution in [-0.2, 0) is 4.79 Å². The van der Waals surface area contributed by atoms with Crippen LogP contribution in [0.3, 0.4) is 0 Å². The number of H-pyrrole nitrogens is 1. The van der Waals surface area contributed by atoms with Crippen LogP contribution >= 0.6 is 0 Å². The smallest absolute Gasteiger partial charge is 0.256 e. The molecule has 6 heteroatoms. The Labute approximate surface area is 187 Å². The quantitative estimate of drug-likeness (QED) is 0.625. The molecule has 2 aromatic carbocycles. The highest BCUT2D eigenvalue weighted by atomic mass is 16.2. The number of carbonyl (C=O) groups excluding carboxylic acids is 2. The molecule has 0 atom stereocenters. The van der Waals surface area contributed by atoms with Crippen LogP contribution in [0.4, 0.5) is 5.69 Å². The molecule has 0 saturated carbocycles. The lowest BCUT2D eigenvalue weighted by molar-refractivity contribution is -0.110. The van der Waals surface area contributed by atoms with Gasteiger partial charge in [0.25, 0.3) is 11.8 Å². The maximum absolute atomic E-state index is 13.1. The SMILES string of the molecule is Cc1c(C(=O)N2CCN(C)CC2)c[nH]c1C=C1C(=O)Nc2cccc(-c3ccccc3)c21. The van der Waals surface area contributed by atoms with Crippen molar-refractivity contribution in [3.05, 3.63) is 77.1 Å². The van der Waals surface area contributed by atoms with Crippen molar-refractivity contribution in [2.75, 3.05) is 38.5 Å². The van der Waals surface area contributed by atoms with Crippen molar-refractivity contribution in [3.8, 4) is 11.1 Å². The molecule has 0 radical (unpaired) electrons. The zero-order valence-electron chi connectivity index (χ0n) is 18.3. The van der Waals surface area contributed by atoms with E-state index in [0.29, 0.717) is 11.1 Å². The van der Waals surface area contributed by atoms with E-state index in [1.54, 1.807) is 6.20 Å². The molecule has 2 aliphatic heterocycles. The minimum atomic E-state index is -0.135. The van der Waals surface area contributed by atoms with E-state index < -0.39 is 0 Å². The van der Waals surface area contributed by atoms with Crippen molar-refractivity contribution in [3.63, 3.8) is 0 Å². The average molecular weight is 427 g/mol. The van der Waals surface area contributed by atoms with Gasteiger partial charge in [-0.05, 0) is 42.8 Å². The molecule has 1 fully saturated rings. The molecule has 1 aromatic heterocycles. The number of likely N-dealkylation sites (N-methyl/N-ethyl adjacent to an activating group) is 1. The topological polar surface area (TPSA) is 68.4 Å². The molecule has 2 N–H and O–H groups in total. The van der Waals surface area contributed by atoms with Gasteiger partial charge in [-0.2, -0.15) is 0 Å². The van der Waals surface area contributed by atoms with Gasteiger partial charge in [-0.25, -0.2) is 0 Å². The number of aromatic amines is 1. The first-order valence-corrected chi connectivity index (χ1v) is 10.9. The van der Waals surface area contributed by atoms with Gasteiger partial charge in [-0.15, -0.1) is 0 Å². The van der Waals surface area contributed by atoms with Crippen LogP contribution in [0, 0.1) is 6.92 Å². The fourth-order valence-corrected chi connectivity index (χ4v) is 4.45. The Balaban J connectivity index is 1.51. The number of nitrogens with zero attached hydrogens (tertiary/aromatic N) is 2. The third kappa shape index (κ3) is 3.52. The zero-order valence-corrected chi connectivity index (χ0v) is 18.3. The highest BCUT2D eigenvalue weighted by Gasteiger charge is 2.28. The number of hydrogen-bond donors (Lipinski definition) is 2. The van der Waals surface area contributed by atoms with Crippen LogP contribution in [-0.4, -0.2) is 59.8 Å². The summed E-state index contributed by atoms with van der Waals surface area (Å²) < 4.78 is 0. The second kappa shape index (κ2) is 8.13. The van der Waals surface area contributed by atoms with Crippen molar-refractivity contribution >= 4 is 29.2 Å². The first kappa shape index (κ1) is 20.3. The monoisotopic (exact) mass is 426 g/mol. The Morgan fingerprint density at radius 3 is 2.50 bits per heavy atom. The van der Waals surface area contributed by atoms with E-state index in [9.17, 15) is 9.59 Å². The highest BCUT2D eigenvalue weighted by molar-refractivity contribution is 6.36. The van der Waals surface area contributed by atoms with Crippen LogP contribution < -0.4 is 5.32 Å². The minimum absolute atomic E-state index is 0.0396. The van der Waals surface area contributed by atoms with E-state index in [0.717, 1.165) is 59.8 Å². The van der Waals surface area contributed by atoms with Crippen LogP contribution in [0.15, 0.2) is 54.7 Å². The van der Waals surface area contributed by atoms with Gasteiger partial charge in [0.05, 0.1) is 11.1 Å². The molecular weight excluding hydrogens is 400 g/mol. The predicted molar refractivity (Wildman–Crippen MR) is 127 cm³/mol. The Bertz CT molecular complexity index is 1220. The van der Waals surface area contributed by atoms with E-state index in [-0.39, 0.29) is 11.8 Å². The van der Waals surface area contributed by atoms with Gasteiger partial charge in [0, 0.05) is 49.3 Å². The van der Waals surface area contributed by atoms with Gasteiger partial charge in [-0.1, -0.05) is 42.5 Å². The Kier molecular flexibility index (Phi) is 5.15. The van der Waals surface area contributed by atoms with Crippen LogP contribution in [0.1, 0.15) is 27.2 Å². The fourth-order valence-electron chi connectivity index (χ4n) is 4.45. The van der Waals surface area contributed by atoms with Crippen molar-refractivity contribution in [1.29, 1.82) is 0 Å². The van der Waals surface area contributed by atoms with Gasteiger partial charge >= 0.3 is 0 Å². The summed E-state index contributed by atoms with van der Waals surface area (Å²) in [5.74, 6) is -0.0953. The van der Waals surface area contributed by atoms with Crippen molar-refractivity contribution in [2.24, 2.45) is 0 Å². The number of hydrogen-bond acceptors (Lipinski definition) is 3. The Morgan fingerprint density at radius 1 is 1.00 bits per heavy atom. The molecule has 0 spiro atoms. The number of fused-ring (bicyclic) bond motifs is 1. The summed E-state index contributed by atoms with van der Waals surface area (Å²) in [6, 6.07) is 16.0. The second-order valence-electron chi connectivity index (χ2n) is 8.44. The number of anilines is 1. The number of piperazine rings is 1. The van der Waals surface area contributed by atoms with Gasteiger partial charge in [0.15, 0.2) is 0 Å².